The van der Waals surface area contributed by atoms with Gasteiger partial charge in [0, 0.05) is 4.88 Å². The number of aryl methyl sites for hydroxylation is 1. The average molecular weight is 384 g/mol. The molecule has 0 spiro atoms. The van der Waals surface area contributed by atoms with Crippen molar-refractivity contribution in [1.29, 1.82) is 0 Å². The normalized spacial score (nSPS) is 10.9. The molecule has 0 saturated heterocycles. The second-order valence-corrected chi connectivity index (χ2v) is 6.63. The second kappa shape index (κ2) is 9.05. The number of hydrazone groups is 1. The molecule has 27 heavy (non-hydrogen) atoms. The summed E-state index contributed by atoms with van der Waals surface area (Å²) in [5.41, 5.74) is 3.73. The van der Waals surface area contributed by atoms with Gasteiger partial charge in [-0.1, -0.05) is 6.07 Å². The molecule has 7 heteroatoms. The summed E-state index contributed by atoms with van der Waals surface area (Å²) in [6.45, 7) is 4.65. The maximum absolute atomic E-state index is 12.0. The second-order valence-electron chi connectivity index (χ2n) is 5.60. The van der Waals surface area contributed by atoms with Crippen LogP contribution in [0.15, 0.2) is 57.6 Å². The van der Waals surface area contributed by atoms with Gasteiger partial charge in [0.15, 0.2) is 11.5 Å². The molecule has 2 aromatic heterocycles. The third-order valence-electron chi connectivity index (χ3n) is 3.70. The van der Waals surface area contributed by atoms with Crippen molar-refractivity contribution in [3.63, 3.8) is 0 Å². The maximum Gasteiger partial charge on any atom is 0.274 e. The summed E-state index contributed by atoms with van der Waals surface area (Å²) in [6.07, 6.45) is 3.02. The fraction of sp³-hybridized carbons (Fsp3) is 0.200. The van der Waals surface area contributed by atoms with Crippen LogP contribution in [0.2, 0.25) is 0 Å². The molecular weight excluding hydrogens is 364 g/mol. The van der Waals surface area contributed by atoms with Gasteiger partial charge in [0.25, 0.3) is 5.91 Å². The third-order valence-corrected chi connectivity index (χ3v) is 4.55. The van der Waals surface area contributed by atoms with Crippen molar-refractivity contribution in [3.8, 4) is 11.5 Å². The Hall–Kier alpha value is -3.06. The van der Waals surface area contributed by atoms with Crippen molar-refractivity contribution in [1.82, 2.24) is 5.43 Å². The summed E-state index contributed by atoms with van der Waals surface area (Å²) in [5.74, 6) is 1.53. The Labute approximate surface area is 161 Å². The van der Waals surface area contributed by atoms with Gasteiger partial charge in [0.2, 0.25) is 0 Å². The highest BCUT2D eigenvalue weighted by Gasteiger charge is 2.10. The number of rotatable bonds is 8. The van der Waals surface area contributed by atoms with Crippen LogP contribution in [-0.4, -0.2) is 18.7 Å². The van der Waals surface area contributed by atoms with Crippen molar-refractivity contribution in [2.45, 2.75) is 20.5 Å². The number of nitrogens with one attached hydrogen (secondary N) is 1. The minimum Gasteiger partial charge on any atom is -0.490 e. The Kier molecular flexibility index (Phi) is 6.27. The van der Waals surface area contributed by atoms with Crippen LogP contribution in [0, 0.1) is 6.92 Å². The van der Waals surface area contributed by atoms with Gasteiger partial charge >= 0.3 is 0 Å². The summed E-state index contributed by atoms with van der Waals surface area (Å²) in [6, 6.07) is 11.1. The Morgan fingerprint density at radius 2 is 2.15 bits per heavy atom. The van der Waals surface area contributed by atoms with E-state index in [1.54, 1.807) is 30.5 Å². The van der Waals surface area contributed by atoms with Crippen LogP contribution in [0.4, 0.5) is 0 Å². The number of amides is 1. The lowest BCUT2D eigenvalue weighted by molar-refractivity contribution is 0.0953. The smallest absolute Gasteiger partial charge is 0.274 e. The fourth-order valence-corrected chi connectivity index (χ4v) is 3.00. The summed E-state index contributed by atoms with van der Waals surface area (Å²) < 4.78 is 16.6. The predicted molar refractivity (Wildman–Crippen MR) is 105 cm³/mol. The molecule has 1 aromatic carbocycles. The lowest BCUT2D eigenvalue weighted by Gasteiger charge is -2.12. The number of hydrogen-bond donors (Lipinski definition) is 1. The zero-order chi connectivity index (χ0) is 19.1. The molecule has 0 bridgehead atoms. The largest absolute Gasteiger partial charge is 0.490 e. The van der Waals surface area contributed by atoms with Crippen LogP contribution in [-0.2, 0) is 6.61 Å². The molecule has 0 aliphatic heterocycles. The van der Waals surface area contributed by atoms with Gasteiger partial charge in [-0.2, -0.15) is 5.10 Å². The monoisotopic (exact) mass is 384 g/mol. The maximum atomic E-state index is 12.0. The highest BCUT2D eigenvalue weighted by molar-refractivity contribution is 7.09. The quantitative estimate of drug-likeness (QED) is 0.462. The van der Waals surface area contributed by atoms with Crippen molar-refractivity contribution in [2.24, 2.45) is 5.10 Å². The Morgan fingerprint density at radius 1 is 1.26 bits per heavy atom. The SMILES string of the molecule is CCOc1cc(/C=N\NC(=O)c2ccoc2C)ccc1OCc1cccs1. The first-order valence-corrected chi connectivity index (χ1v) is 9.35. The molecule has 0 radical (unpaired) electrons. The molecule has 3 rings (SSSR count). The lowest BCUT2D eigenvalue weighted by Crippen LogP contribution is -2.17. The molecule has 0 saturated carbocycles. The van der Waals surface area contributed by atoms with Gasteiger partial charge in [-0.15, -0.1) is 11.3 Å². The lowest BCUT2D eigenvalue weighted by atomic mass is 10.2. The van der Waals surface area contributed by atoms with E-state index < -0.39 is 0 Å². The van der Waals surface area contributed by atoms with E-state index in [9.17, 15) is 4.79 Å². The van der Waals surface area contributed by atoms with Gasteiger partial charge in [-0.25, -0.2) is 5.43 Å². The number of nitrogens with zero attached hydrogens (tertiary/aromatic N) is 1. The van der Waals surface area contributed by atoms with E-state index in [2.05, 4.69) is 10.5 Å². The zero-order valence-electron chi connectivity index (χ0n) is 15.1. The van der Waals surface area contributed by atoms with Crippen LogP contribution in [0.5, 0.6) is 11.5 Å². The summed E-state index contributed by atoms with van der Waals surface area (Å²) in [5, 5.41) is 6.01. The number of ether oxygens (including phenoxy) is 2. The van der Waals surface area contributed by atoms with Crippen LogP contribution in [0.25, 0.3) is 0 Å². The first-order valence-electron chi connectivity index (χ1n) is 8.47. The van der Waals surface area contributed by atoms with Gasteiger partial charge < -0.3 is 13.9 Å². The van der Waals surface area contributed by atoms with E-state index in [1.807, 2.05) is 42.6 Å². The fourth-order valence-electron chi connectivity index (χ4n) is 2.38. The molecule has 0 fully saturated rings. The summed E-state index contributed by atoms with van der Waals surface area (Å²) in [7, 11) is 0. The van der Waals surface area contributed by atoms with Crippen molar-refractivity contribution < 1.29 is 18.7 Å². The standard InChI is InChI=1S/C20H20N2O4S/c1-3-24-19-11-15(6-7-18(19)26-13-16-5-4-10-27-16)12-21-22-20(23)17-8-9-25-14(17)2/h4-12H,3,13H2,1-2H3,(H,22,23)/b21-12-. The van der Waals surface area contributed by atoms with E-state index in [4.69, 9.17) is 13.9 Å². The van der Waals surface area contributed by atoms with E-state index in [0.717, 1.165) is 10.4 Å². The summed E-state index contributed by atoms with van der Waals surface area (Å²) >= 11 is 1.64. The van der Waals surface area contributed by atoms with Crippen LogP contribution < -0.4 is 14.9 Å². The van der Waals surface area contributed by atoms with Crippen LogP contribution >= 0.6 is 11.3 Å². The van der Waals surface area contributed by atoms with Crippen molar-refractivity contribution in [2.75, 3.05) is 6.61 Å². The molecule has 1 N–H and O–H groups in total. The number of thiophene rings is 1. The molecule has 1 amide bonds. The van der Waals surface area contributed by atoms with Crippen LogP contribution in [0.3, 0.4) is 0 Å². The number of hydrogen-bond acceptors (Lipinski definition) is 6. The van der Waals surface area contributed by atoms with Crippen molar-refractivity contribution in [3.05, 3.63) is 69.8 Å². The number of furan rings is 1. The van der Waals surface area contributed by atoms with E-state index in [-0.39, 0.29) is 5.91 Å². The third kappa shape index (κ3) is 4.98. The highest BCUT2D eigenvalue weighted by Crippen LogP contribution is 2.29. The Balaban J connectivity index is 1.65. The summed E-state index contributed by atoms with van der Waals surface area (Å²) in [4.78, 5) is 13.1. The van der Waals surface area contributed by atoms with E-state index >= 15 is 0 Å². The number of benzene rings is 1. The molecule has 3 aromatic rings. The minimum absolute atomic E-state index is 0.321. The Morgan fingerprint density at radius 3 is 2.85 bits per heavy atom. The van der Waals surface area contributed by atoms with Gasteiger partial charge in [0.05, 0.1) is 24.6 Å². The predicted octanol–water partition coefficient (Wildman–Crippen LogP) is 4.39. The molecule has 140 valence electrons. The first kappa shape index (κ1) is 18.7. The first-order chi connectivity index (χ1) is 13.2. The molecule has 2 heterocycles. The van der Waals surface area contributed by atoms with Crippen LogP contribution in [0.1, 0.15) is 33.5 Å². The van der Waals surface area contributed by atoms with E-state index in [1.165, 1.54) is 6.26 Å². The highest BCUT2D eigenvalue weighted by atomic mass is 32.1. The molecule has 0 aliphatic carbocycles. The Bertz CT molecular complexity index is 916. The van der Waals surface area contributed by atoms with Gasteiger partial charge in [-0.3, -0.25) is 4.79 Å². The molecular formula is C20H20N2O4S. The molecule has 6 nitrogen and oxygen atoms in total. The van der Waals surface area contributed by atoms with Gasteiger partial charge in [-0.05, 0) is 55.1 Å². The van der Waals surface area contributed by atoms with Gasteiger partial charge in [0.1, 0.15) is 12.4 Å². The topological polar surface area (TPSA) is 73.1 Å². The average Bonchev–Trinajstić information content (AvgIpc) is 3.33. The molecule has 0 aliphatic rings. The number of carbonyl (C=O) groups is 1. The number of carbonyl (C=O) groups excluding carboxylic acids is 1. The van der Waals surface area contributed by atoms with Crippen molar-refractivity contribution >= 4 is 23.5 Å². The van der Waals surface area contributed by atoms with E-state index in [0.29, 0.717) is 36.0 Å². The molecule has 0 unspecified atom stereocenters. The zero-order valence-corrected chi connectivity index (χ0v) is 15.9. The minimum atomic E-state index is -0.321. The molecule has 0 atom stereocenters.